The molecule has 3 nitrogen and oxygen atoms in total. The quantitative estimate of drug-likeness (QED) is 0.914. The number of amides is 1. The molecule has 0 spiro atoms. The largest absolute Gasteiger partial charge is 0.357 e. The number of carbonyl (C=O) groups is 1. The summed E-state index contributed by atoms with van der Waals surface area (Å²) in [6, 6.07) is 8.68. The molecule has 0 bridgehead atoms. The predicted molar refractivity (Wildman–Crippen MR) is 88.7 cm³/mol. The Morgan fingerprint density at radius 1 is 1.27 bits per heavy atom. The minimum atomic E-state index is 0.139. The first-order valence-corrected chi connectivity index (χ1v) is 8.87. The molecule has 1 aromatic carbocycles. The van der Waals surface area contributed by atoms with Crippen molar-refractivity contribution >= 4 is 17.5 Å². The lowest BCUT2D eigenvalue weighted by Gasteiger charge is -2.43. The zero-order valence-corrected chi connectivity index (χ0v) is 13.9. The Kier molecular flexibility index (Phi) is 4.74. The molecule has 4 heteroatoms. The van der Waals surface area contributed by atoms with Gasteiger partial charge in [-0.3, -0.25) is 4.79 Å². The van der Waals surface area contributed by atoms with E-state index in [4.69, 9.17) is 11.6 Å². The fourth-order valence-corrected chi connectivity index (χ4v) is 4.37. The summed E-state index contributed by atoms with van der Waals surface area (Å²) >= 11 is 6.18. The van der Waals surface area contributed by atoms with Crippen LogP contribution in [0.4, 0.5) is 0 Å². The van der Waals surface area contributed by atoms with Gasteiger partial charge in [-0.25, -0.2) is 0 Å². The minimum Gasteiger partial charge on any atom is -0.357 e. The van der Waals surface area contributed by atoms with E-state index in [9.17, 15) is 4.79 Å². The number of carbonyl (C=O) groups excluding carboxylic acids is 1. The zero-order chi connectivity index (χ0) is 15.6. The highest BCUT2D eigenvalue weighted by molar-refractivity contribution is 6.30. The van der Waals surface area contributed by atoms with Crippen LogP contribution in [0.1, 0.15) is 50.5 Å². The first kappa shape index (κ1) is 15.8. The molecule has 120 valence electrons. The van der Waals surface area contributed by atoms with Crippen LogP contribution in [0.5, 0.6) is 0 Å². The van der Waals surface area contributed by atoms with Crippen LogP contribution in [-0.2, 0) is 10.2 Å². The molecule has 2 aliphatic rings. The first-order valence-electron chi connectivity index (χ1n) is 8.49. The molecule has 0 unspecified atom stereocenters. The molecule has 0 atom stereocenters. The van der Waals surface area contributed by atoms with Gasteiger partial charge in [-0.05, 0) is 56.2 Å². The average Bonchev–Trinajstić information content (AvgIpc) is 2.55. The van der Waals surface area contributed by atoms with E-state index in [0.717, 1.165) is 63.1 Å². The molecule has 2 fully saturated rings. The molecule has 1 heterocycles. The van der Waals surface area contributed by atoms with Crippen molar-refractivity contribution in [1.82, 2.24) is 4.90 Å². The van der Waals surface area contributed by atoms with Crippen LogP contribution < -0.4 is 5.73 Å². The van der Waals surface area contributed by atoms with Crippen LogP contribution in [0.3, 0.4) is 0 Å². The second-order valence-electron chi connectivity index (χ2n) is 6.82. The van der Waals surface area contributed by atoms with Crippen molar-refractivity contribution in [3.8, 4) is 0 Å². The summed E-state index contributed by atoms with van der Waals surface area (Å²) < 4.78 is 0. The molecule has 0 radical (unpaired) electrons. The topological polar surface area (TPSA) is 48.0 Å². The van der Waals surface area contributed by atoms with E-state index in [1.165, 1.54) is 5.56 Å². The summed E-state index contributed by atoms with van der Waals surface area (Å²) in [7, 11) is 0. The van der Waals surface area contributed by atoms with Crippen molar-refractivity contribution in [1.29, 1.82) is 0 Å². The Hall–Kier alpha value is -1.06. The number of hydrogen-bond acceptors (Lipinski definition) is 1. The zero-order valence-electron chi connectivity index (χ0n) is 13.2. The highest BCUT2D eigenvalue weighted by atomic mass is 35.5. The minimum absolute atomic E-state index is 0.139. The molecule has 1 amide bonds. The number of piperidine rings is 1. The summed E-state index contributed by atoms with van der Waals surface area (Å²) in [5, 5.41) is 0.804. The number of quaternary nitrogens is 1. The first-order chi connectivity index (χ1) is 10.6. The van der Waals surface area contributed by atoms with Gasteiger partial charge in [-0.2, -0.15) is 0 Å². The number of likely N-dealkylation sites (tertiary alicyclic amines) is 1. The Morgan fingerprint density at radius 3 is 2.68 bits per heavy atom. The molecule has 3 rings (SSSR count). The lowest BCUT2D eigenvalue weighted by Crippen LogP contribution is -2.61. The fraction of sp³-hybridized carbons (Fsp3) is 0.611. The second-order valence-corrected chi connectivity index (χ2v) is 7.25. The average molecular weight is 322 g/mol. The van der Waals surface area contributed by atoms with Gasteiger partial charge in [-0.1, -0.05) is 23.7 Å². The third-order valence-corrected chi connectivity index (χ3v) is 5.86. The van der Waals surface area contributed by atoms with E-state index < -0.39 is 0 Å². The molecule has 0 aromatic heterocycles. The smallest absolute Gasteiger partial charge is 0.222 e. The maximum absolute atomic E-state index is 12.1. The van der Waals surface area contributed by atoms with Crippen molar-refractivity contribution in [3.63, 3.8) is 0 Å². The van der Waals surface area contributed by atoms with Gasteiger partial charge in [0.25, 0.3) is 0 Å². The maximum atomic E-state index is 12.1. The summed E-state index contributed by atoms with van der Waals surface area (Å²) in [5.74, 6) is 0.362. The molecule has 1 aromatic rings. The van der Waals surface area contributed by atoms with Gasteiger partial charge in [-0.15, -0.1) is 0 Å². The Morgan fingerprint density at radius 2 is 2.05 bits per heavy atom. The lowest BCUT2D eigenvalue weighted by atomic mass is 9.68. The van der Waals surface area contributed by atoms with Crippen LogP contribution in [0.15, 0.2) is 24.3 Å². The summed E-state index contributed by atoms with van der Waals surface area (Å²) in [6.07, 6.45) is 7.35. The van der Waals surface area contributed by atoms with E-state index in [1.54, 1.807) is 0 Å². The Balaban J connectivity index is 1.72. The van der Waals surface area contributed by atoms with E-state index in [-0.39, 0.29) is 5.41 Å². The molecule has 22 heavy (non-hydrogen) atoms. The number of nitrogens with zero attached hydrogens (tertiary/aromatic N) is 1. The molecule has 1 saturated heterocycles. The summed E-state index contributed by atoms with van der Waals surface area (Å²) in [4.78, 5) is 14.3. The summed E-state index contributed by atoms with van der Waals surface area (Å²) in [6.45, 7) is 1.85. The van der Waals surface area contributed by atoms with Gasteiger partial charge in [0.1, 0.15) is 0 Å². The van der Waals surface area contributed by atoms with Crippen LogP contribution in [0.2, 0.25) is 5.02 Å². The van der Waals surface area contributed by atoms with E-state index in [1.807, 2.05) is 12.1 Å². The van der Waals surface area contributed by atoms with Crippen molar-refractivity contribution in [2.75, 3.05) is 13.1 Å². The van der Waals surface area contributed by atoms with Crippen molar-refractivity contribution < 1.29 is 10.5 Å². The van der Waals surface area contributed by atoms with Gasteiger partial charge in [0.05, 0.1) is 6.54 Å². The standard InChI is InChI=1S/C18H25ClN2O/c19-15-5-3-4-14(12-15)18(13-20)9-7-16(8-10-18)21-11-2-1-6-17(21)22/h3-5,12,16H,1-2,6-11,13,20H2/p+1. The monoisotopic (exact) mass is 321 g/mol. The highest BCUT2D eigenvalue weighted by Gasteiger charge is 2.40. The van der Waals surface area contributed by atoms with Gasteiger partial charge >= 0.3 is 0 Å². The van der Waals surface area contributed by atoms with Crippen LogP contribution in [0, 0.1) is 0 Å². The Labute approximate surface area is 137 Å². The van der Waals surface area contributed by atoms with Crippen molar-refractivity contribution in [2.45, 2.75) is 56.4 Å². The lowest BCUT2D eigenvalue weighted by molar-refractivity contribution is -0.385. The van der Waals surface area contributed by atoms with Crippen LogP contribution in [-0.4, -0.2) is 29.9 Å². The van der Waals surface area contributed by atoms with Crippen LogP contribution in [0.25, 0.3) is 0 Å². The van der Waals surface area contributed by atoms with Gasteiger partial charge in [0, 0.05) is 29.4 Å². The molecule has 1 aliphatic heterocycles. The Bertz CT molecular complexity index is 538. The van der Waals surface area contributed by atoms with E-state index in [0.29, 0.717) is 11.9 Å². The maximum Gasteiger partial charge on any atom is 0.222 e. The molecule has 3 N–H and O–H groups in total. The second kappa shape index (κ2) is 6.59. The third kappa shape index (κ3) is 3.02. The number of halogens is 1. The van der Waals surface area contributed by atoms with Crippen LogP contribution >= 0.6 is 11.6 Å². The predicted octanol–water partition coefficient (Wildman–Crippen LogP) is 2.77. The van der Waals surface area contributed by atoms with Crippen molar-refractivity contribution in [2.24, 2.45) is 0 Å². The SMILES string of the molecule is [NH3+]CC1(c2cccc(Cl)c2)CCC(N2CCCCC2=O)CC1. The molecular formula is C18H26ClN2O+. The summed E-state index contributed by atoms with van der Waals surface area (Å²) in [5.41, 5.74) is 5.67. The van der Waals surface area contributed by atoms with Crippen molar-refractivity contribution in [3.05, 3.63) is 34.9 Å². The normalized spacial score (nSPS) is 29.6. The molecule has 1 saturated carbocycles. The van der Waals surface area contributed by atoms with Gasteiger partial charge in [0.15, 0.2) is 0 Å². The van der Waals surface area contributed by atoms with Gasteiger partial charge in [0.2, 0.25) is 5.91 Å². The molecule has 1 aliphatic carbocycles. The van der Waals surface area contributed by atoms with E-state index in [2.05, 4.69) is 22.8 Å². The van der Waals surface area contributed by atoms with Gasteiger partial charge < -0.3 is 10.6 Å². The van der Waals surface area contributed by atoms with E-state index >= 15 is 0 Å². The molecular weight excluding hydrogens is 296 g/mol. The number of benzene rings is 1. The third-order valence-electron chi connectivity index (χ3n) is 5.63. The highest BCUT2D eigenvalue weighted by Crippen LogP contribution is 2.41. The number of hydrogen-bond donors (Lipinski definition) is 1. The fourth-order valence-electron chi connectivity index (χ4n) is 4.18. The number of rotatable bonds is 3.